The molecule has 1 aromatic rings. The maximum absolute atomic E-state index is 11.3. The van der Waals surface area contributed by atoms with Crippen LogP contribution in [0.5, 0.6) is 0 Å². The standard InChI is InChI=1S/C18H31N7O/c1-2-20-18(24-9-6-7-14(13-24)11-15(19)26)21-12-17-23-22-16-8-4-3-5-10-25(16)17/h14H,2-13H2,1H3,(H2,19,26)(H,20,21). The Hall–Kier alpha value is -2.12. The van der Waals surface area contributed by atoms with E-state index in [1.807, 2.05) is 0 Å². The van der Waals surface area contributed by atoms with Gasteiger partial charge >= 0.3 is 0 Å². The second kappa shape index (κ2) is 9.00. The van der Waals surface area contributed by atoms with Crippen molar-refractivity contribution in [3.63, 3.8) is 0 Å². The molecule has 8 heteroatoms. The highest BCUT2D eigenvalue weighted by atomic mass is 16.1. The van der Waals surface area contributed by atoms with Gasteiger partial charge in [-0.25, -0.2) is 4.99 Å². The number of nitrogens with two attached hydrogens (primary N) is 1. The van der Waals surface area contributed by atoms with E-state index in [4.69, 9.17) is 10.7 Å². The first-order chi connectivity index (χ1) is 12.7. The van der Waals surface area contributed by atoms with E-state index in [1.165, 1.54) is 19.3 Å². The van der Waals surface area contributed by atoms with Crippen molar-refractivity contribution < 1.29 is 4.79 Å². The Balaban J connectivity index is 1.69. The van der Waals surface area contributed by atoms with Crippen LogP contribution in [0.25, 0.3) is 0 Å². The van der Waals surface area contributed by atoms with Gasteiger partial charge in [-0.1, -0.05) is 6.42 Å². The number of aryl methyl sites for hydroxylation is 1. The van der Waals surface area contributed by atoms with E-state index < -0.39 is 0 Å². The summed E-state index contributed by atoms with van der Waals surface area (Å²) in [6, 6.07) is 0. The predicted molar refractivity (Wildman–Crippen MR) is 101 cm³/mol. The number of aliphatic imine (C=N–C) groups is 1. The minimum absolute atomic E-state index is 0.218. The molecule has 0 aromatic carbocycles. The molecule has 1 unspecified atom stereocenters. The number of amides is 1. The molecule has 2 aliphatic heterocycles. The monoisotopic (exact) mass is 361 g/mol. The van der Waals surface area contributed by atoms with Crippen molar-refractivity contribution in [3.05, 3.63) is 11.6 Å². The van der Waals surface area contributed by atoms with Gasteiger partial charge < -0.3 is 20.5 Å². The molecule has 0 aliphatic carbocycles. The molecule has 3 N–H and O–H groups in total. The van der Waals surface area contributed by atoms with E-state index in [2.05, 4.69) is 31.9 Å². The lowest BCUT2D eigenvalue weighted by atomic mass is 9.95. The van der Waals surface area contributed by atoms with E-state index in [9.17, 15) is 4.79 Å². The van der Waals surface area contributed by atoms with E-state index in [0.717, 1.165) is 63.0 Å². The van der Waals surface area contributed by atoms with Gasteiger partial charge in [0.05, 0.1) is 0 Å². The first-order valence-electron chi connectivity index (χ1n) is 9.90. The van der Waals surface area contributed by atoms with E-state index in [-0.39, 0.29) is 5.91 Å². The fraction of sp³-hybridized carbons (Fsp3) is 0.778. The normalized spacial score (nSPS) is 21.2. The molecule has 1 atom stereocenters. The van der Waals surface area contributed by atoms with Crippen LogP contribution in [0, 0.1) is 5.92 Å². The van der Waals surface area contributed by atoms with Crippen molar-refractivity contribution in [1.29, 1.82) is 0 Å². The van der Waals surface area contributed by atoms with E-state index >= 15 is 0 Å². The number of aromatic nitrogens is 3. The van der Waals surface area contributed by atoms with Crippen LogP contribution in [-0.4, -0.2) is 51.2 Å². The van der Waals surface area contributed by atoms with Crippen LogP contribution in [0.15, 0.2) is 4.99 Å². The lowest BCUT2D eigenvalue weighted by molar-refractivity contribution is -0.119. The predicted octanol–water partition coefficient (Wildman–Crippen LogP) is 1.06. The van der Waals surface area contributed by atoms with Gasteiger partial charge in [0.2, 0.25) is 5.91 Å². The molecule has 1 fully saturated rings. The van der Waals surface area contributed by atoms with Gasteiger partial charge in [-0.2, -0.15) is 0 Å². The zero-order valence-corrected chi connectivity index (χ0v) is 15.8. The molecule has 8 nitrogen and oxygen atoms in total. The number of nitrogens with zero attached hydrogens (tertiary/aromatic N) is 5. The third-order valence-electron chi connectivity index (χ3n) is 5.20. The number of guanidine groups is 1. The summed E-state index contributed by atoms with van der Waals surface area (Å²) in [4.78, 5) is 18.3. The van der Waals surface area contributed by atoms with Crippen molar-refractivity contribution in [2.75, 3.05) is 19.6 Å². The summed E-state index contributed by atoms with van der Waals surface area (Å²) in [7, 11) is 0. The van der Waals surface area contributed by atoms with Gasteiger partial charge in [0, 0.05) is 39.0 Å². The Morgan fingerprint density at radius 1 is 1.27 bits per heavy atom. The van der Waals surface area contributed by atoms with Crippen molar-refractivity contribution in [2.45, 2.75) is 65.0 Å². The van der Waals surface area contributed by atoms with Crippen LogP contribution in [0.3, 0.4) is 0 Å². The zero-order valence-electron chi connectivity index (χ0n) is 15.8. The number of piperidine rings is 1. The molecule has 0 radical (unpaired) electrons. The van der Waals surface area contributed by atoms with Gasteiger partial charge in [0.15, 0.2) is 11.8 Å². The molecule has 0 saturated carbocycles. The SMILES string of the molecule is CCNC(=NCc1nnc2n1CCCCC2)N1CCCC(CC(N)=O)C1. The Labute approximate surface area is 155 Å². The maximum Gasteiger partial charge on any atom is 0.217 e. The maximum atomic E-state index is 11.3. The summed E-state index contributed by atoms with van der Waals surface area (Å²) < 4.78 is 2.24. The topological polar surface area (TPSA) is 101 Å². The molecule has 1 saturated heterocycles. The number of likely N-dealkylation sites (tertiary alicyclic amines) is 1. The number of hydrogen-bond acceptors (Lipinski definition) is 4. The Morgan fingerprint density at radius 2 is 2.15 bits per heavy atom. The summed E-state index contributed by atoms with van der Waals surface area (Å²) in [6.45, 7) is 6.20. The summed E-state index contributed by atoms with van der Waals surface area (Å²) >= 11 is 0. The third-order valence-corrected chi connectivity index (χ3v) is 5.20. The largest absolute Gasteiger partial charge is 0.370 e. The number of nitrogens with one attached hydrogen (secondary N) is 1. The summed E-state index contributed by atoms with van der Waals surface area (Å²) in [5.74, 6) is 3.03. The molecule has 1 amide bonds. The van der Waals surface area contributed by atoms with Crippen molar-refractivity contribution in [3.8, 4) is 0 Å². The fourth-order valence-electron chi connectivity index (χ4n) is 3.94. The van der Waals surface area contributed by atoms with Crippen LogP contribution in [-0.2, 0) is 24.3 Å². The van der Waals surface area contributed by atoms with E-state index in [1.54, 1.807) is 0 Å². The highest BCUT2D eigenvalue weighted by Gasteiger charge is 2.24. The number of carbonyl (C=O) groups excluding carboxylic acids is 1. The quantitative estimate of drug-likeness (QED) is 0.603. The Bertz CT molecular complexity index is 639. The van der Waals surface area contributed by atoms with Gasteiger partial charge in [0.1, 0.15) is 12.4 Å². The number of fused-ring (bicyclic) bond motifs is 1. The number of primary amides is 1. The molecule has 3 rings (SSSR count). The highest BCUT2D eigenvalue weighted by molar-refractivity contribution is 5.80. The number of carbonyl (C=O) groups is 1. The molecule has 26 heavy (non-hydrogen) atoms. The molecule has 3 heterocycles. The van der Waals surface area contributed by atoms with Gasteiger partial charge in [0.25, 0.3) is 0 Å². The molecule has 2 aliphatic rings. The second-order valence-electron chi connectivity index (χ2n) is 7.29. The van der Waals surface area contributed by atoms with E-state index in [0.29, 0.717) is 18.9 Å². The first kappa shape index (κ1) is 18.7. The number of hydrogen-bond donors (Lipinski definition) is 2. The van der Waals surface area contributed by atoms with Gasteiger partial charge in [-0.15, -0.1) is 10.2 Å². The van der Waals surface area contributed by atoms with Crippen LogP contribution >= 0.6 is 0 Å². The molecule has 0 spiro atoms. The van der Waals surface area contributed by atoms with Gasteiger partial charge in [-0.05, 0) is 38.5 Å². The summed E-state index contributed by atoms with van der Waals surface area (Å²) in [6.07, 6.45) is 7.20. The van der Waals surface area contributed by atoms with Gasteiger partial charge in [-0.3, -0.25) is 4.79 Å². The van der Waals surface area contributed by atoms with Crippen LogP contribution in [0.4, 0.5) is 0 Å². The molecular formula is C18H31N7O. The lowest BCUT2D eigenvalue weighted by Crippen LogP contribution is -2.47. The third kappa shape index (κ3) is 4.74. The highest BCUT2D eigenvalue weighted by Crippen LogP contribution is 2.20. The minimum Gasteiger partial charge on any atom is -0.370 e. The lowest BCUT2D eigenvalue weighted by Gasteiger charge is -2.34. The van der Waals surface area contributed by atoms with Crippen molar-refractivity contribution in [2.24, 2.45) is 16.6 Å². The van der Waals surface area contributed by atoms with Crippen molar-refractivity contribution in [1.82, 2.24) is 25.0 Å². The number of rotatable bonds is 5. The minimum atomic E-state index is -0.218. The molecular weight excluding hydrogens is 330 g/mol. The fourth-order valence-corrected chi connectivity index (χ4v) is 3.94. The summed E-state index contributed by atoms with van der Waals surface area (Å²) in [5.41, 5.74) is 5.38. The molecule has 0 bridgehead atoms. The summed E-state index contributed by atoms with van der Waals surface area (Å²) in [5, 5.41) is 12.1. The van der Waals surface area contributed by atoms with Crippen LogP contribution in [0.2, 0.25) is 0 Å². The average molecular weight is 361 g/mol. The van der Waals surface area contributed by atoms with Crippen LogP contribution in [0.1, 0.15) is 57.1 Å². The zero-order chi connectivity index (χ0) is 18.4. The second-order valence-corrected chi connectivity index (χ2v) is 7.29. The first-order valence-corrected chi connectivity index (χ1v) is 9.90. The smallest absolute Gasteiger partial charge is 0.217 e. The average Bonchev–Trinajstić information content (AvgIpc) is 2.85. The van der Waals surface area contributed by atoms with Crippen LogP contribution < -0.4 is 11.1 Å². The molecule has 1 aromatic heterocycles. The molecule has 144 valence electrons. The Morgan fingerprint density at radius 3 is 2.96 bits per heavy atom. The Kier molecular flexibility index (Phi) is 6.46. The van der Waals surface area contributed by atoms with Crippen molar-refractivity contribution >= 4 is 11.9 Å².